The van der Waals surface area contributed by atoms with Crippen molar-refractivity contribution in [2.75, 3.05) is 82.0 Å². The molecule has 492 valence electrons. The maximum Gasteiger partial charge on any atom is 0.173 e. The molecule has 2 saturated heterocycles. The van der Waals surface area contributed by atoms with Crippen molar-refractivity contribution in [1.29, 1.82) is 0 Å². The highest BCUT2D eigenvalue weighted by Gasteiger charge is 2.31. The number of fused-ring (bicyclic) bond motifs is 3. The highest BCUT2D eigenvalue weighted by molar-refractivity contribution is 5.74. The van der Waals surface area contributed by atoms with Crippen LogP contribution in [0.5, 0.6) is 0 Å². The smallest absolute Gasteiger partial charge is 0.173 e. The van der Waals surface area contributed by atoms with Crippen molar-refractivity contribution in [3.8, 4) is 0 Å². The lowest BCUT2D eigenvalue weighted by Gasteiger charge is -2.33. The normalized spacial score (nSPS) is 14.3. The number of aromatic nitrogens is 15. The van der Waals surface area contributed by atoms with Crippen LogP contribution in [0.3, 0.4) is 0 Å². The molecule has 3 atom stereocenters. The van der Waals surface area contributed by atoms with Gasteiger partial charge >= 0.3 is 0 Å². The number of aryl methyl sites for hydroxylation is 3. The lowest BCUT2D eigenvalue weighted by molar-refractivity contribution is 0.0222. The first-order chi connectivity index (χ1) is 45.9. The van der Waals surface area contributed by atoms with E-state index in [1.165, 1.54) is 36.4 Å². The van der Waals surface area contributed by atoms with E-state index in [0.29, 0.717) is 65.6 Å². The number of hydrogen-bond donors (Lipinski definition) is 7. The summed E-state index contributed by atoms with van der Waals surface area (Å²) < 4.78 is 51.6. The van der Waals surface area contributed by atoms with Crippen LogP contribution in [0.2, 0.25) is 0 Å². The second kappa shape index (κ2) is 32.1. The number of halogens is 3. The van der Waals surface area contributed by atoms with Crippen molar-refractivity contribution in [1.82, 2.24) is 94.4 Å². The predicted molar refractivity (Wildman–Crippen MR) is 361 cm³/mol. The summed E-state index contributed by atoms with van der Waals surface area (Å²) in [7, 11) is 2.07. The molecule has 0 spiro atoms. The van der Waals surface area contributed by atoms with Gasteiger partial charge in [-0.3, -0.25) is 25.1 Å². The van der Waals surface area contributed by atoms with E-state index in [-0.39, 0.29) is 35.6 Å². The Kier molecular flexibility index (Phi) is 22.9. The molecule has 23 nitrogen and oxygen atoms in total. The van der Waals surface area contributed by atoms with Crippen LogP contribution >= 0.6 is 0 Å². The molecule has 0 amide bonds. The van der Waals surface area contributed by atoms with E-state index in [1.807, 2.05) is 138 Å². The number of nitrogens with zero attached hydrogens (tertiary/aromatic N) is 15. The molecule has 3 aromatic carbocycles. The number of benzene rings is 3. The van der Waals surface area contributed by atoms with E-state index in [9.17, 15) is 13.2 Å². The van der Waals surface area contributed by atoms with Gasteiger partial charge in [0.15, 0.2) is 52.4 Å². The van der Waals surface area contributed by atoms with Gasteiger partial charge in [-0.25, -0.2) is 41.7 Å². The Bertz CT molecular complexity index is 4280. The van der Waals surface area contributed by atoms with E-state index in [1.54, 1.807) is 33.3 Å². The van der Waals surface area contributed by atoms with Crippen LogP contribution in [-0.2, 0) is 4.74 Å². The fraction of sp³-hybridized carbons (Fsp3) is 0.338. The lowest BCUT2D eigenvalue weighted by atomic mass is 10.0. The summed E-state index contributed by atoms with van der Waals surface area (Å²) in [5.41, 5.74) is 8.25. The minimum atomic E-state index is -0.292. The number of ether oxygens (including phenoxy) is 1. The largest absolute Gasteiger partial charge is 0.379 e. The molecule has 2 aliphatic heterocycles. The Hall–Kier alpha value is -9.86. The average Bonchev–Trinajstić information content (AvgIpc) is 1.53. The maximum atomic E-state index is 13.6. The number of nitrogens with one attached hydrogen (secondary N) is 7. The number of hydrogen-bond acceptors (Lipinski definition) is 17. The standard InChI is InChI=1S/C22H27FN8.C21H22FN7O.C21H22FN7.2C2H6/c1-4-30(3)13-11-24-20(16-7-9-17(23)10-8-16)22-26-21(18-6-5-12-31(18)29-22)25-19-14-15(2)27-28-19;1-14-13-18(26-25-14)23-20-17-3-2-8-29(17)27-21(24-20)19(28-9-11-30-12-10-28)15-4-6-16(22)7-5-15;1-14-13-18(26-25-14)23-20-17-5-4-12-29(17)27-21(24-20)19(28-10-2-3-11-28)15-6-8-16(22)9-7-15;2*1-2/h5-10,12,14,20,24H,4,11,13H2,1-3H3,(H2,25,26,27,28,29);2-8,13,19H,9-12H2,1H3,(H2,23,24,25,26,27);4-9,12-13,19H,2-3,10-11H2,1H3,(H2,23,24,25,26,27);2*1-2H3. The van der Waals surface area contributed by atoms with E-state index >= 15 is 0 Å². The lowest BCUT2D eigenvalue weighted by Crippen LogP contribution is -2.40. The summed E-state index contributed by atoms with van der Waals surface area (Å²) in [6, 6.07) is 36.4. The molecule has 26 heteroatoms. The molecule has 11 heterocycles. The van der Waals surface area contributed by atoms with Gasteiger partial charge in [0.2, 0.25) is 0 Å². The number of anilines is 6. The van der Waals surface area contributed by atoms with Gasteiger partial charge in [-0.15, -0.1) is 0 Å². The van der Waals surface area contributed by atoms with E-state index in [0.717, 1.165) is 109 Å². The molecule has 0 bridgehead atoms. The number of likely N-dealkylation sites (tertiary alicyclic amines) is 1. The first kappa shape index (κ1) is 67.0. The molecule has 7 N–H and O–H groups in total. The highest BCUT2D eigenvalue weighted by Crippen LogP contribution is 2.34. The molecule has 3 unspecified atom stereocenters. The molecule has 12 aromatic rings. The summed E-state index contributed by atoms with van der Waals surface area (Å²) >= 11 is 0. The minimum Gasteiger partial charge on any atom is -0.379 e. The van der Waals surface area contributed by atoms with Crippen molar-refractivity contribution in [2.45, 2.75) is 86.4 Å². The third-order valence-electron chi connectivity index (χ3n) is 15.7. The van der Waals surface area contributed by atoms with Gasteiger partial charge in [-0.05, 0) is 150 Å². The quantitative estimate of drug-likeness (QED) is 0.0398. The van der Waals surface area contributed by atoms with Crippen LogP contribution in [0.1, 0.15) is 117 Å². The topological polar surface area (TPSA) is 244 Å². The van der Waals surface area contributed by atoms with E-state index < -0.39 is 0 Å². The first-order valence-electron chi connectivity index (χ1n) is 32.0. The van der Waals surface area contributed by atoms with Crippen molar-refractivity contribution in [3.05, 3.63) is 215 Å². The Morgan fingerprint density at radius 3 is 1.23 bits per heavy atom. The molecular weight excluding hydrogens is 1200 g/mol. The van der Waals surface area contributed by atoms with Crippen molar-refractivity contribution >= 4 is 51.5 Å². The molecule has 9 aromatic heterocycles. The van der Waals surface area contributed by atoms with Crippen molar-refractivity contribution in [3.63, 3.8) is 0 Å². The van der Waals surface area contributed by atoms with Crippen LogP contribution in [-0.4, -0.2) is 155 Å². The fourth-order valence-corrected chi connectivity index (χ4v) is 11.0. The molecular formula is C68H83F3N22O. The number of likely N-dealkylation sites (N-methyl/N-ethyl adjacent to an activating group) is 1. The van der Waals surface area contributed by atoms with Gasteiger partial charge in [0.05, 0.1) is 31.3 Å². The zero-order valence-corrected chi connectivity index (χ0v) is 54.6. The van der Waals surface area contributed by atoms with Crippen molar-refractivity contribution in [2.24, 2.45) is 0 Å². The van der Waals surface area contributed by atoms with E-state index in [2.05, 4.69) is 80.5 Å². The molecule has 0 saturated carbocycles. The zero-order chi connectivity index (χ0) is 66.1. The van der Waals surface area contributed by atoms with Gasteiger partial charge in [0.25, 0.3) is 0 Å². The second-order valence-corrected chi connectivity index (χ2v) is 22.3. The molecule has 0 radical (unpaired) electrons. The Morgan fingerprint density at radius 1 is 0.500 bits per heavy atom. The molecule has 14 rings (SSSR count). The van der Waals surface area contributed by atoms with Gasteiger partial charge in [0, 0.05) is 80.1 Å². The summed E-state index contributed by atoms with van der Waals surface area (Å²) in [6.07, 6.45) is 7.96. The highest BCUT2D eigenvalue weighted by atomic mass is 19.1. The Labute approximate surface area is 544 Å². The second-order valence-electron chi connectivity index (χ2n) is 22.3. The van der Waals surface area contributed by atoms with Gasteiger partial charge < -0.3 is 30.9 Å². The first-order valence-corrected chi connectivity index (χ1v) is 32.0. The maximum absolute atomic E-state index is 13.6. The average molecular weight is 1280 g/mol. The number of aromatic amines is 3. The SMILES string of the molecule is CC.CC.CCN(C)CCNC(c1ccc(F)cc1)c1nc(Nc2cc(C)[nH]n2)c2cccn2n1.Cc1cc(Nc2nc(C(c3ccc(F)cc3)N3CCCC3)nn3cccc23)n[nH]1.Cc1cc(Nc2nc(C(c3ccc(F)cc3)N3CCOCC3)nn3cccc23)n[nH]1. The van der Waals surface area contributed by atoms with Crippen LogP contribution in [0.15, 0.2) is 146 Å². The summed E-state index contributed by atoms with van der Waals surface area (Å²) in [4.78, 5) is 21.4. The molecule has 2 fully saturated rings. The predicted octanol–water partition coefficient (Wildman–Crippen LogP) is 12.2. The fourth-order valence-electron chi connectivity index (χ4n) is 11.0. The van der Waals surface area contributed by atoms with Crippen LogP contribution in [0, 0.1) is 38.2 Å². The van der Waals surface area contributed by atoms with E-state index in [4.69, 9.17) is 35.0 Å². The van der Waals surface area contributed by atoms with Crippen LogP contribution in [0.25, 0.3) is 16.6 Å². The Balaban J connectivity index is 0.000000150. The molecule has 94 heavy (non-hydrogen) atoms. The van der Waals surface area contributed by atoms with Crippen LogP contribution in [0.4, 0.5) is 48.1 Å². The third-order valence-corrected chi connectivity index (χ3v) is 15.7. The molecule has 2 aliphatic rings. The third kappa shape index (κ3) is 16.7. The van der Waals surface area contributed by atoms with Crippen LogP contribution < -0.4 is 21.3 Å². The monoisotopic (exact) mass is 1280 g/mol. The summed E-state index contributed by atoms with van der Waals surface area (Å²) in [6.45, 7) is 23.2. The number of H-pyrrole nitrogens is 3. The Morgan fingerprint density at radius 2 is 0.862 bits per heavy atom. The zero-order valence-electron chi connectivity index (χ0n) is 54.6. The number of morpholine rings is 1. The molecule has 0 aliphatic carbocycles. The minimum absolute atomic E-state index is 0.133. The van der Waals surface area contributed by atoms with Gasteiger partial charge in [-0.1, -0.05) is 71.0 Å². The summed E-state index contributed by atoms with van der Waals surface area (Å²) in [5, 5.41) is 49.3. The van der Waals surface area contributed by atoms with Gasteiger partial charge in [0.1, 0.15) is 34.0 Å². The summed E-state index contributed by atoms with van der Waals surface area (Å²) in [5.74, 6) is 5.19. The number of rotatable bonds is 19. The van der Waals surface area contributed by atoms with Gasteiger partial charge in [-0.2, -0.15) is 30.6 Å². The van der Waals surface area contributed by atoms with Crippen molar-refractivity contribution < 1.29 is 17.9 Å².